The van der Waals surface area contributed by atoms with E-state index in [4.69, 9.17) is 15.6 Å². The molecule has 4 N–H and O–H groups in total. The Morgan fingerprint density at radius 1 is 1.30 bits per heavy atom. The van der Waals surface area contributed by atoms with Crippen molar-refractivity contribution in [2.75, 3.05) is 11.9 Å². The van der Waals surface area contributed by atoms with E-state index in [1.807, 2.05) is 24.3 Å². The highest BCUT2D eigenvalue weighted by Crippen LogP contribution is 2.23. The van der Waals surface area contributed by atoms with Crippen molar-refractivity contribution in [2.24, 2.45) is 11.7 Å². The van der Waals surface area contributed by atoms with E-state index in [-0.39, 0.29) is 11.8 Å². The Labute approximate surface area is 112 Å². The molecule has 1 aliphatic rings. The van der Waals surface area contributed by atoms with E-state index in [0.717, 1.165) is 12.1 Å². The van der Waals surface area contributed by atoms with E-state index in [1.165, 1.54) is 5.56 Å². The summed E-state index contributed by atoms with van der Waals surface area (Å²) < 4.78 is 31.7. The van der Waals surface area contributed by atoms with Gasteiger partial charge in [0.2, 0.25) is 5.91 Å². The molecule has 0 aliphatic carbocycles. The zero-order valence-corrected chi connectivity index (χ0v) is 10.3. The average molecular weight is 290 g/mol. The van der Waals surface area contributed by atoms with Crippen molar-refractivity contribution in [1.29, 1.82) is 0 Å². The molecule has 1 heterocycles. The number of nitrogens with two attached hydrogens (primary N) is 1. The molecule has 1 unspecified atom stereocenters. The van der Waals surface area contributed by atoms with Gasteiger partial charge in [0.05, 0.1) is 5.92 Å². The molecule has 0 fully saturated rings. The summed E-state index contributed by atoms with van der Waals surface area (Å²) >= 11 is 0. The van der Waals surface area contributed by atoms with Crippen molar-refractivity contribution in [3.63, 3.8) is 0 Å². The predicted octanol–water partition coefficient (Wildman–Crippen LogP) is 1.39. The third-order valence-corrected chi connectivity index (χ3v) is 2.67. The van der Waals surface area contributed by atoms with Crippen LogP contribution in [-0.2, 0) is 16.0 Å². The van der Waals surface area contributed by atoms with Gasteiger partial charge in [0, 0.05) is 12.2 Å². The number of rotatable bonds is 1. The maximum absolute atomic E-state index is 10.9. The lowest BCUT2D eigenvalue weighted by molar-refractivity contribution is -0.192. The summed E-state index contributed by atoms with van der Waals surface area (Å²) in [4.78, 5) is 19.8. The summed E-state index contributed by atoms with van der Waals surface area (Å²) in [7, 11) is 0. The van der Waals surface area contributed by atoms with Crippen molar-refractivity contribution in [2.45, 2.75) is 12.6 Å². The highest BCUT2D eigenvalue weighted by molar-refractivity contribution is 5.79. The Bertz CT molecular complexity index is 503. The largest absolute Gasteiger partial charge is 0.490 e. The number of halogens is 3. The number of carboxylic acid groups (broad SMARTS) is 1. The number of anilines is 1. The topological polar surface area (TPSA) is 92.4 Å². The number of nitrogens with one attached hydrogen (secondary N) is 1. The van der Waals surface area contributed by atoms with Crippen LogP contribution in [0, 0.1) is 5.92 Å². The number of aliphatic carboxylic acids is 1. The van der Waals surface area contributed by atoms with Crippen LogP contribution in [0.25, 0.3) is 0 Å². The van der Waals surface area contributed by atoms with Crippen LogP contribution in [-0.4, -0.2) is 29.7 Å². The number of hydrogen-bond donors (Lipinski definition) is 3. The minimum absolute atomic E-state index is 0.0603. The lowest BCUT2D eigenvalue weighted by Gasteiger charge is -2.23. The molecule has 1 amide bonds. The number of alkyl halides is 3. The summed E-state index contributed by atoms with van der Waals surface area (Å²) in [6, 6.07) is 8.00. The van der Waals surface area contributed by atoms with Gasteiger partial charge in [0.15, 0.2) is 0 Å². The van der Waals surface area contributed by atoms with Crippen LogP contribution in [0.3, 0.4) is 0 Å². The van der Waals surface area contributed by atoms with Crippen LogP contribution in [0.15, 0.2) is 24.3 Å². The van der Waals surface area contributed by atoms with Crippen LogP contribution < -0.4 is 11.1 Å². The van der Waals surface area contributed by atoms with Crippen LogP contribution in [0.4, 0.5) is 18.9 Å². The minimum atomic E-state index is -5.08. The zero-order valence-electron chi connectivity index (χ0n) is 10.3. The predicted molar refractivity (Wildman–Crippen MR) is 65.0 cm³/mol. The highest BCUT2D eigenvalue weighted by Gasteiger charge is 2.38. The van der Waals surface area contributed by atoms with E-state index in [2.05, 4.69) is 5.32 Å². The Morgan fingerprint density at radius 3 is 2.35 bits per heavy atom. The van der Waals surface area contributed by atoms with Crippen LogP contribution >= 0.6 is 0 Å². The molecule has 20 heavy (non-hydrogen) atoms. The lowest BCUT2D eigenvalue weighted by atomic mass is 9.94. The number of carbonyl (C=O) groups is 2. The van der Waals surface area contributed by atoms with Crippen LogP contribution in [0.5, 0.6) is 0 Å². The fourth-order valence-electron chi connectivity index (χ4n) is 1.64. The van der Waals surface area contributed by atoms with Gasteiger partial charge in [-0.15, -0.1) is 0 Å². The van der Waals surface area contributed by atoms with Crippen molar-refractivity contribution < 1.29 is 27.9 Å². The number of benzene rings is 1. The van der Waals surface area contributed by atoms with Crippen molar-refractivity contribution in [1.82, 2.24) is 0 Å². The Hall–Kier alpha value is -2.25. The first-order chi connectivity index (χ1) is 9.21. The molecule has 1 aromatic carbocycles. The normalized spacial score (nSPS) is 17.1. The number of para-hydroxylation sites is 1. The fourth-order valence-corrected chi connectivity index (χ4v) is 1.64. The van der Waals surface area contributed by atoms with Crippen LogP contribution in [0.1, 0.15) is 5.56 Å². The summed E-state index contributed by atoms with van der Waals surface area (Å²) in [6.07, 6.45) is -4.32. The molecule has 1 atom stereocenters. The van der Waals surface area contributed by atoms with Gasteiger partial charge in [0.25, 0.3) is 0 Å². The molecule has 110 valence electrons. The second-order valence-electron chi connectivity index (χ2n) is 4.14. The van der Waals surface area contributed by atoms with Gasteiger partial charge in [-0.05, 0) is 18.1 Å². The van der Waals surface area contributed by atoms with Gasteiger partial charge in [0.1, 0.15) is 0 Å². The molecular weight excluding hydrogens is 277 g/mol. The first-order valence-electron chi connectivity index (χ1n) is 5.63. The van der Waals surface area contributed by atoms with Gasteiger partial charge in [-0.2, -0.15) is 13.2 Å². The van der Waals surface area contributed by atoms with Gasteiger partial charge in [-0.1, -0.05) is 18.2 Å². The number of primary amides is 1. The number of amides is 1. The number of fused-ring (bicyclic) bond motifs is 1. The highest BCUT2D eigenvalue weighted by atomic mass is 19.4. The van der Waals surface area contributed by atoms with E-state index >= 15 is 0 Å². The third-order valence-electron chi connectivity index (χ3n) is 2.67. The molecule has 0 saturated carbocycles. The van der Waals surface area contributed by atoms with E-state index < -0.39 is 12.1 Å². The molecule has 5 nitrogen and oxygen atoms in total. The van der Waals surface area contributed by atoms with E-state index in [9.17, 15) is 18.0 Å². The summed E-state index contributed by atoms with van der Waals surface area (Å²) in [6.45, 7) is 0.659. The second kappa shape index (κ2) is 6.27. The standard InChI is InChI=1S/C10H12N2O.C2HF3O2/c11-10(13)8-5-7-3-1-2-4-9(7)12-6-8;3-2(4,5)1(6)7/h1-4,8,12H,5-6H2,(H2,11,13);(H,6,7). The molecule has 0 bridgehead atoms. The van der Waals surface area contributed by atoms with Crippen molar-refractivity contribution >= 4 is 17.6 Å². The Kier molecular flexibility index (Phi) is 4.95. The Morgan fingerprint density at radius 2 is 1.85 bits per heavy atom. The zero-order chi connectivity index (χ0) is 15.3. The first kappa shape index (κ1) is 15.8. The SMILES string of the molecule is NC(=O)C1CNc2ccccc2C1.O=C(O)C(F)(F)F. The number of carbonyl (C=O) groups excluding carboxylic acids is 1. The quantitative estimate of drug-likeness (QED) is 0.728. The minimum Gasteiger partial charge on any atom is -0.475 e. The fraction of sp³-hybridized carbons (Fsp3) is 0.333. The molecule has 0 aromatic heterocycles. The summed E-state index contributed by atoms with van der Waals surface area (Å²) in [5.41, 5.74) is 7.55. The molecule has 1 aliphatic heterocycles. The van der Waals surface area contributed by atoms with Gasteiger partial charge >= 0.3 is 12.1 Å². The van der Waals surface area contributed by atoms with Crippen molar-refractivity contribution in [3.8, 4) is 0 Å². The van der Waals surface area contributed by atoms with Crippen LogP contribution in [0.2, 0.25) is 0 Å². The second-order valence-corrected chi connectivity index (χ2v) is 4.14. The Balaban J connectivity index is 0.000000246. The van der Waals surface area contributed by atoms with Gasteiger partial charge in [-0.25, -0.2) is 4.79 Å². The maximum Gasteiger partial charge on any atom is 0.490 e. The van der Waals surface area contributed by atoms with Crippen molar-refractivity contribution in [3.05, 3.63) is 29.8 Å². The third kappa shape index (κ3) is 4.45. The number of carboxylic acids is 1. The van der Waals surface area contributed by atoms with Gasteiger partial charge < -0.3 is 16.2 Å². The molecule has 8 heteroatoms. The monoisotopic (exact) mass is 290 g/mol. The molecule has 0 spiro atoms. The summed E-state index contributed by atoms with van der Waals surface area (Å²) in [5, 5.41) is 10.3. The number of hydrogen-bond acceptors (Lipinski definition) is 3. The van der Waals surface area contributed by atoms with E-state index in [0.29, 0.717) is 6.54 Å². The summed E-state index contributed by atoms with van der Waals surface area (Å²) in [5.74, 6) is -3.04. The molecular formula is C12H13F3N2O3. The molecule has 2 rings (SSSR count). The lowest BCUT2D eigenvalue weighted by Crippen LogP contribution is -2.34. The average Bonchev–Trinajstić information content (AvgIpc) is 2.37. The first-order valence-corrected chi connectivity index (χ1v) is 5.63. The molecule has 1 aromatic rings. The maximum atomic E-state index is 10.9. The van der Waals surface area contributed by atoms with E-state index in [1.54, 1.807) is 0 Å². The smallest absolute Gasteiger partial charge is 0.475 e. The molecule has 0 saturated heterocycles. The molecule has 0 radical (unpaired) electrons. The van der Waals surface area contributed by atoms with Gasteiger partial charge in [-0.3, -0.25) is 4.79 Å².